The number of rotatable bonds is 5. The zero-order valence-electron chi connectivity index (χ0n) is 14.1. The lowest BCUT2D eigenvalue weighted by atomic mass is 9.94. The number of hydrogen-bond donors (Lipinski definition) is 1. The number of nitrogens with zero attached hydrogens (tertiary/aromatic N) is 2. The van der Waals surface area contributed by atoms with Crippen molar-refractivity contribution >= 4 is 12.1 Å². The molecule has 0 spiro atoms. The summed E-state index contributed by atoms with van der Waals surface area (Å²) in [6, 6.07) is 2.37. The van der Waals surface area contributed by atoms with Crippen molar-refractivity contribution in [1.82, 2.24) is 9.88 Å². The monoisotopic (exact) mass is 326 g/mol. The lowest BCUT2D eigenvalue weighted by Crippen LogP contribution is -2.54. The molecule has 6 nitrogen and oxygen atoms in total. The summed E-state index contributed by atoms with van der Waals surface area (Å²) >= 11 is 0. The average molecular weight is 326 g/mol. The molecule has 1 rings (SSSR count). The maximum Gasteiger partial charge on any atom is 0.411 e. The Bertz CT molecular complexity index is 568. The fourth-order valence-corrected chi connectivity index (χ4v) is 2.07. The summed E-state index contributed by atoms with van der Waals surface area (Å²) in [5, 5.41) is 9.72. The first kappa shape index (κ1) is 18.9. The van der Waals surface area contributed by atoms with Crippen LogP contribution < -0.4 is 0 Å². The van der Waals surface area contributed by atoms with Gasteiger partial charge in [-0.3, -0.25) is 9.88 Å². The zero-order valence-corrected chi connectivity index (χ0v) is 14.1. The Balaban J connectivity index is 3.33. The van der Waals surface area contributed by atoms with E-state index in [0.717, 1.165) is 17.2 Å². The van der Waals surface area contributed by atoms with Crippen LogP contribution in [0.3, 0.4) is 0 Å². The van der Waals surface area contributed by atoms with Gasteiger partial charge in [0.05, 0.1) is 11.9 Å². The number of ether oxygens (including phenoxy) is 1. The summed E-state index contributed by atoms with van der Waals surface area (Å²) in [6.45, 7) is 8.43. The Labute approximate surface area is 135 Å². The molecule has 1 heterocycles. The van der Waals surface area contributed by atoms with E-state index < -0.39 is 29.0 Å². The van der Waals surface area contributed by atoms with Gasteiger partial charge in [-0.15, -0.1) is 0 Å². The highest BCUT2D eigenvalue weighted by Gasteiger charge is 2.46. The molecule has 1 amide bonds. The van der Waals surface area contributed by atoms with Crippen LogP contribution in [-0.4, -0.2) is 39.2 Å². The largest absolute Gasteiger partial charge is 0.479 e. The van der Waals surface area contributed by atoms with Gasteiger partial charge in [0, 0.05) is 6.54 Å². The number of aromatic nitrogens is 1. The molecular formula is C16H23FN2O4. The second kappa shape index (κ2) is 6.93. The molecule has 0 radical (unpaired) electrons. The number of aliphatic carboxylic acids is 1. The molecule has 1 aromatic rings. The van der Waals surface area contributed by atoms with Crippen molar-refractivity contribution in [3.05, 3.63) is 29.8 Å². The Hall–Kier alpha value is -2.18. The third-order valence-corrected chi connectivity index (χ3v) is 3.24. The highest BCUT2D eigenvalue weighted by molar-refractivity contribution is 5.85. The molecule has 1 unspecified atom stereocenters. The van der Waals surface area contributed by atoms with Gasteiger partial charge in [-0.1, -0.05) is 6.92 Å². The molecule has 0 aliphatic heterocycles. The van der Waals surface area contributed by atoms with Gasteiger partial charge in [-0.25, -0.2) is 14.0 Å². The van der Waals surface area contributed by atoms with E-state index in [-0.39, 0.29) is 12.2 Å². The van der Waals surface area contributed by atoms with Gasteiger partial charge in [-0.2, -0.15) is 0 Å². The summed E-state index contributed by atoms with van der Waals surface area (Å²) in [4.78, 5) is 29.3. The number of pyridine rings is 1. The van der Waals surface area contributed by atoms with E-state index in [4.69, 9.17) is 4.74 Å². The third-order valence-electron chi connectivity index (χ3n) is 3.24. The van der Waals surface area contributed by atoms with Gasteiger partial charge in [0.2, 0.25) is 0 Å². The highest BCUT2D eigenvalue weighted by Crippen LogP contribution is 2.29. The molecule has 7 heteroatoms. The normalized spacial score (nSPS) is 14.0. The van der Waals surface area contributed by atoms with E-state index in [1.165, 1.54) is 13.0 Å². The third kappa shape index (κ3) is 4.40. The zero-order chi connectivity index (χ0) is 17.8. The standard InChI is InChI=1S/C16H23FN2O4/c1-6-9-19(14(22)23-15(2,3)4)16(5,13(20)21)12-8-7-11(17)10-18-12/h7-8,10H,6,9H2,1-5H3,(H,20,21). The Morgan fingerprint density at radius 3 is 2.30 bits per heavy atom. The first-order valence-corrected chi connectivity index (χ1v) is 7.38. The number of amides is 1. The molecule has 0 saturated carbocycles. The van der Waals surface area contributed by atoms with Crippen LogP contribution in [0.5, 0.6) is 0 Å². The second-order valence-corrected chi connectivity index (χ2v) is 6.37. The van der Waals surface area contributed by atoms with E-state index in [9.17, 15) is 19.1 Å². The predicted octanol–water partition coefficient (Wildman–Crippen LogP) is 3.17. The lowest BCUT2D eigenvalue weighted by molar-refractivity contribution is -0.151. The van der Waals surface area contributed by atoms with Gasteiger partial charge in [0.1, 0.15) is 11.4 Å². The van der Waals surface area contributed by atoms with Crippen LogP contribution in [-0.2, 0) is 15.1 Å². The van der Waals surface area contributed by atoms with Crippen molar-refractivity contribution in [3.63, 3.8) is 0 Å². The van der Waals surface area contributed by atoms with E-state index in [1.807, 2.05) is 6.92 Å². The number of carboxylic acids is 1. The van der Waals surface area contributed by atoms with Crippen molar-refractivity contribution < 1.29 is 23.8 Å². The van der Waals surface area contributed by atoms with Gasteiger partial charge in [0.25, 0.3) is 0 Å². The van der Waals surface area contributed by atoms with Crippen molar-refractivity contribution in [1.29, 1.82) is 0 Å². The van der Waals surface area contributed by atoms with Gasteiger partial charge < -0.3 is 9.84 Å². The minimum Gasteiger partial charge on any atom is -0.479 e. The number of hydrogen-bond acceptors (Lipinski definition) is 4. The Morgan fingerprint density at radius 1 is 1.30 bits per heavy atom. The molecule has 23 heavy (non-hydrogen) atoms. The van der Waals surface area contributed by atoms with Crippen LogP contribution in [0.25, 0.3) is 0 Å². The van der Waals surface area contributed by atoms with Crippen LogP contribution >= 0.6 is 0 Å². The first-order valence-electron chi connectivity index (χ1n) is 7.38. The van der Waals surface area contributed by atoms with E-state index in [1.54, 1.807) is 20.8 Å². The molecule has 0 aromatic carbocycles. The van der Waals surface area contributed by atoms with E-state index in [0.29, 0.717) is 6.42 Å². The van der Waals surface area contributed by atoms with Crippen LogP contribution in [0.2, 0.25) is 0 Å². The molecule has 1 N–H and O–H groups in total. The van der Waals surface area contributed by atoms with Crippen molar-refractivity contribution in [2.45, 2.75) is 52.2 Å². The minimum absolute atomic E-state index is 0.0608. The summed E-state index contributed by atoms with van der Waals surface area (Å²) in [7, 11) is 0. The smallest absolute Gasteiger partial charge is 0.411 e. The molecule has 128 valence electrons. The quantitative estimate of drug-likeness (QED) is 0.899. The fraction of sp³-hybridized carbons (Fsp3) is 0.562. The molecule has 0 aliphatic carbocycles. The Kier molecular flexibility index (Phi) is 5.69. The molecule has 0 saturated heterocycles. The summed E-state index contributed by atoms with van der Waals surface area (Å²) in [6.07, 6.45) is 0.703. The highest BCUT2D eigenvalue weighted by atomic mass is 19.1. The minimum atomic E-state index is -1.76. The average Bonchev–Trinajstić information content (AvgIpc) is 2.42. The molecule has 0 aliphatic rings. The number of halogens is 1. The summed E-state index contributed by atoms with van der Waals surface area (Å²) < 4.78 is 18.4. The first-order chi connectivity index (χ1) is 10.5. The van der Waals surface area contributed by atoms with Crippen LogP contribution in [0.15, 0.2) is 18.3 Å². The number of carboxylic acid groups (broad SMARTS) is 1. The number of carbonyl (C=O) groups excluding carboxylic acids is 1. The van der Waals surface area contributed by atoms with Crippen molar-refractivity contribution in [2.75, 3.05) is 6.54 Å². The van der Waals surface area contributed by atoms with Crippen LogP contribution in [0, 0.1) is 5.82 Å². The molecule has 0 bridgehead atoms. The topological polar surface area (TPSA) is 79.7 Å². The summed E-state index contributed by atoms with van der Waals surface area (Å²) in [5.74, 6) is -1.85. The maximum absolute atomic E-state index is 13.1. The Morgan fingerprint density at radius 2 is 1.91 bits per heavy atom. The predicted molar refractivity (Wildman–Crippen MR) is 82.4 cm³/mol. The maximum atomic E-state index is 13.1. The van der Waals surface area contributed by atoms with E-state index in [2.05, 4.69) is 4.98 Å². The lowest BCUT2D eigenvalue weighted by Gasteiger charge is -2.38. The van der Waals surface area contributed by atoms with Gasteiger partial charge in [0.15, 0.2) is 5.54 Å². The molecular weight excluding hydrogens is 303 g/mol. The molecule has 1 atom stereocenters. The van der Waals surface area contributed by atoms with Gasteiger partial charge >= 0.3 is 12.1 Å². The summed E-state index contributed by atoms with van der Waals surface area (Å²) in [5.41, 5.74) is -2.46. The van der Waals surface area contributed by atoms with Gasteiger partial charge in [-0.05, 0) is 46.2 Å². The fourth-order valence-electron chi connectivity index (χ4n) is 2.07. The molecule has 0 fully saturated rings. The van der Waals surface area contributed by atoms with E-state index >= 15 is 0 Å². The second-order valence-electron chi connectivity index (χ2n) is 6.37. The SMILES string of the molecule is CCCN(C(=O)OC(C)(C)C)C(C)(C(=O)O)c1ccc(F)cn1. The van der Waals surface area contributed by atoms with Crippen LogP contribution in [0.4, 0.5) is 9.18 Å². The molecule has 1 aromatic heterocycles. The van der Waals surface area contributed by atoms with Crippen molar-refractivity contribution in [2.24, 2.45) is 0 Å². The van der Waals surface area contributed by atoms with Crippen molar-refractivity contribution in [3.8, 4) is 0 Å². The van der Waals surface area contributed by atoms with Crippen LogP contribution in [0.1, 0.15) is 46.7 Å². The number of carbonyl (C=O) groups is 2.